The average molecular weight is 272 g/mol. The normalized spacial score (nSPS) is 10.7. The zero-order chi connectivity index (χ0) is 13.4. The maximum absolute atomic E-state index is 11.3. The van der Waals surface area contributed by atoms with Crippen LogP contribution in [0.25, 0.3) is 21.3 Å². The Hall–Kier alpha value is -2.47. The van der Waals surface area contributed by atoms with Crippen LogP contribution in [0.5, 0.6) is 0 Å². The van der Waals surface area contributed by atoms with Crippen molar-refractivity contribution < 1.29 is 9.90 Å². The first-order valence-corrected chi connectivity index (χ1v) is 6.28. The van der Waals surface area contributed by atoms with Gasteiger partial charge in [0.2, 0.25) is 0 Å². The van der Waals surface area contributed by atoms with E-state index in [9.17, 15) is 9.59 Å². The van der Waals surface area contributed by atoms with Crippen LogP contribution >= 0.6 is 11.3 Å². The second-order valence-corrected chi connectivity index (χ2v) is 4.94. The molecule has 2 aromatic heterocycles. The van der Waals surface area contributed by atoms with Crippen molar-refractivity contribution in [3.05, 3.63) is 51.9 Å². The van der Waals surface area contributed by atoms with E-state index in [0.29, 0.717) is 5.56 Å². The summed E-state index contributed by atoms with van der Waals surface area (Å²) >= 11 is 1.10. The number of benzene rings is 1. The van der Waals surface area contributed by atoms with E-state index in [1.54, 1.807) is 30.3 Å². The van der Waals surface area contributed by atoms with Gasteiger partial charge in [-0.2, -0.15) is 0 Å². The SMILES string of the molecule is O=C(O)c1ncccc1-c1ccc2[nH]c(=O)sc2c1. The summed E-state index contributed by atoms with van der Waals surface area (Å²) in [6.45, 7) is 0. The van der Waals surface area contributed by atoms with Crippen LogP contribution in [0.1, 0.15) is 10.5 Å². The smallest absolute Gasteiger partial charge is 0.355 e. The molecule has 0 fully saturated rings. The van der Waals surface area contributed by atoms with Gasteiger partial charge >= 0.3 is 10.8 Å². The van der Waals surface area contributed by atoms with Crippen LogP contribution in [0.15, 0.2) is 41.3 Å². The van der Waals surface area contributed by atoms with Crippen molar-refractivity contribution >= 4 is 27.5 Å². The van der Waals surface area contributed by atoms with Crippen molar-refractivity contribution in [2.24, 2.45) is 0 Å². The standard InChI is InChI=1S/C13H8N2O3S/c16-12(17)11-8(2-1-5-14-11)7-3-4-9-10(6-7)19-13(18)15-9/h1-6H,(H,15,18)(H,16,17). The average Bonchev–Trinajstić information content (AvgIpc) is 2.77. The topological polar surface area (TPSA) is 83.0 Å². The number of hydrogen-bond donors (Lipinski definition) is 2. The second-order valence-electron chi connectivity index (χ2n) is 3.93. The number of nitrogens with zero attached hydrogens (tertiary/aromatic N) is 1. The minimum Gasteiger partial charge on any atom is -0.476 e. The molecule has 94 valence electrons. The summed E-state index contributed by atoms with van der Waals surface area (Å²) in [6, 6.07) is 8.72. The van der Waals surface area contributed by atoms with Crippen molar-refractivity contribution in [2.45, 2.75) is 0 Å². The van der Waals surface area contributed by atoms with E-state index in [0.717, 1.165) is 27.1 Å². The molecular formula is C13H8N2O3S. The predicted molar refractivity (Wildman–Crippen MR) is 72.6 cm³/mol. The highest BCUT2D eigenvalue weighted by Gasteiger charge is 2.13. The van der Waals surface area contributed by atoms with Crippen LogP contribution in [0.4, 0.5) is 0 Å². The number of carbonyl (C=O) groups is 1. The van der Waals surface area contributed by atoms with E-state index < -0.39 is 5.97 Å². The number of carboxylic acid groups (broad SMARTS) is 1. The minimum atomic E-state index is -1.07. The number of fused-ring (bicyclic) bond motifs is 1. The van der Waals surface area contributed by atoms with Gasteiger partial charge in [-0.25, -0.2) is 9.78 Å². The third kappa shape index (κ3) is 2.02. The van der Waals surface area contributed by atoms with Crippen LogP contribution < -0.4 is 4.87 Å². The summed E-state index contributed by atoms with van der Waals surface area (Å²) in [4.78, 5) is 28.9. The maximum atomic E-state index is 11.3. The van der Waals surface area contributed by atoms with Crippen molar-refractivity contribution in [1.82, 2.24) is 9.97 Å². The van der Waals surface area contributed by atoms with Crippen molar-refractivity contribution in [3.8, 4) is 11.1 Å². The zero-order valence-corrected chi connectivity index (χ0v) is 10.4. The number of aromatic carboxylic acids is 1. The molecule has 0 amide bonds. The highest BCUT2D eigenvalue weighted by atomic mass is 32.1. The van der Waals surface area contributed by atoms with Crippen LogP contribution in [0, 0.1) is 0 Å². The Balaban J connectivity index is 2.24. The van der Waals surface area contributed by atoms with Gasteiger partial charge in [0.25, 0.3) is 0 Å². The van der Waals surface area contributed by atoms with Gasteiger partial charge in [-0.05, 0) is 23.8 Å². The molecule has 3 aromatic rings. The van der Waals surface area contributed by atoms with Gasteiger partial charge in [-0.15, -0.1) is 0 Å². The molecule has 2 heterocycles. The molecule has 6 heteroatoms. The molecule has 0 saturated carbocycles. The zero-order valence-electron chi connectivity index (χ0n) is 9.58. The number of aromatic amines is 1. The van der Waals surface area contributed by atoms with E-state index in [1.165, 1.54) is 6.20 Å². The molecule has 2 N–H and O–H groups in total. The first-order valence-electron chi connectivity index (χ1n) is 5.47. The molecule has 0 aliphatic carbocycles. The van der Waals surface area contributed by atoms with Gasteiger partial charge < -0.3 is 10.1 Å². The maximum Gasteiger partial charge on any atom is 0.355 e. The van der Waals surface area contributed by atoms with E-state index in [4.69, 9.17) is 5.11 Å². The number of carboxylic acids is 1. The molecule has 0 bridgehead atoms. The number of hydrogen-bond acceptors (Lipinski definition) is 4. The Morgan fingerprint density at radius 1 is 1.32 bits per heavy atom. The summed E-state index contributed by atoms with van der Waals surface area (Å²) in [6.07, 6.45) is 1.44. The number of aromatic nitrogens is 2. The largest absolute Gasteiger partial charge is 0.476 e. The number of pyridine rings is 1. The van der Waals surface area contributed by atoms with Crippen molar-refractivity contribution in [3.63, 3.8) is 0 Å². The van der Waals surface area contributed by atoms with Gasteiger partial charge in [-0.1, -0.05) is 23.5 Å². The fourth-order valence-corrected chi connectivity index (χ4v) is 2.70. The lowest BCUT2D eigenvalue weighted by atomic mass is 10.0. The van der Waals surface area contributed by atoms with Gasteiger partial charge in [-0.3, -0.25) is 4.79 Å². The number of rotatable bonds is 2. The van der Waals surface area contributed by atoms with E-state index in [2.05, 4.69) is 9.97 Å². The van der Waals surface area contributed by atoms with Crippen LogP contribution in [-0.4, -0.2) is 21.0 Å². The molecule has 3 rings (SSSR count). The molecule has 1 aromatic carbocycles. The van der Waals surface area contributed by atoms with Crippen LogP contribution in [-0.2, 0) is 0 Å². The van der Waals surface area contributed by atoms with E-state index in [-0.39, 0.29) is 10.6 Å². The Bertz CT molecular complexity index is 835. The van der Waals surface area contributed by atoms with Crippen molar-refractivity contribution in [2.75, 3.05) is 0 Å². The highest BCUT2D eigenvalue weighted by molar-refractivity contribution is 7.16. The first-order chi connectivity index (χ1) is 9.15. The Kier molecular flexibility index (Phi) is 2.64. The quantitative estimate of drug-likeness (QED) is 0.750. The molecule has 0 atom stereocenters. The lowest BCUT2D eigenvalue weighted by molar-refractivity contribution is 0.0691. The lowest BCUT2D eigenvalue weighted by Crippen LogP contribution is -2.02. The second kappa shape index (κ2) is 4.33. The Labute approximate surface area is 111 Å². The third-order valence-corrected chi connectivity index (χ3v) is 3.59. The highest BCUT2D eigenvalue weighted by Crippen LogP contribution is 2.26. The molecule has 0 radical (unpaired) electrons. The summed E-state index contributed by atoms with van der Waals surface area (Å²) in [5, 5.41) is 9.13. The fraction of sp³-hybridized carbons (Fsp3) is 0. The minimum absolute atomic E-state index is 0.00438. The molecule has 0 aliphatic rings. The molecular weight excluding hydrogens is 264 g/mol. The van der Waals surface area contributed by atoms with Gasteiger partial charge in [0.15, 0.2) is 5.69 Å². The van der Waals surface area contributed by atoms with Gasteiger partial charge in [0.05, 0.1) is 10.2 Å². The molecule has 5 nitrogen and oxygen atoms in total. The lowest BCUT2D eigenvalue weighted by Gasteiger charge is -2.04. The van der Waals surface area contributed by atoms with Gasteiger partial charge in [0, 0.05) is 11.8 Å². The third-order valence-electron chi connectivity index (χ3n) is 2.74. The van der Waals surface area contributed by atoms with Crippen LogP contribution in [0.2, 0.25) is 0 Å². The van der Waals surface area contributed by atoms with E-state index >= 15 is 0 Å². The molecule has 0 saturated heterocycles. The van der Waals surface area contributed by atoms with E-state index in [1.807, 2.05) is 0 Å². The van der Waals surface area contributed by atoms with Crippen molar-refractivity contribution in [1.29, 1.82) is 0 Å². The number of nitrogens with one attached hydrogen (secondary N) is 1. The molecule has 0 aliphatic heterocycles. The fourth-order valence-electron chi connectivity index (χ4n) is 1.92. The number of thiazole rings is 1. The Morgan fingerprint density at radius 2 is 2.16 bits per heavy atom. The molecule has 0 spiro atoms. The molecule has 0 unspecified atom stereocenters. The Morgan fingerprint density at radius 3 is 2.95 bits per heavy atom. The summed E-state index contributed by atoms with van der Waals surface area (Å²) in [5.41, 5.74) is 2.02. The summed E-state index contributed by atoms with van der Waals surface area (Å²) < 4.78 is 0.794. The van der Waals surface area contributed by atoms with Gasteiger partial charge in [0.1, 0.15) is 0 Å². The predicted octanol–water partition coefficient (Wildman–Crippen LogP) is 2.35. The monoisotopic (exact) mass is 272 g/mol. The summed E-state index contributed by atoms with van der Waals surface area (Å²) in [5.74, 6) is -1.07. The molecule has 19 heavy (non-hydrogen) atoms. The van der Waals surface area contributed by atoms with Crippen LogP contribution in [0.3, 0.4) is 0 Å². The number of H-pyrrole nitrogens is 1. The summed E-state index contributed by atoms with van der Waals surface area (Å²) in [7, 11) is 0. The first kappa shape index (κ1) is 11.6.